The summed E-state index contributed by atoms with van der Waals surface area (Å²) in [6.45, 7) is 4.84. The number of amides is 5. The van der Waals surface area contributed by atoms with Gasteiger partial charge in [0.2, 0.25) is 17.8 Å². The summed E-state index contributed by atoms with van der Waals surface area (Å²) < 4.78 is 8.11. The molecule has 3 aliphatic heterocycles. The third-order valence-corrected chi connectivity index (χ3v) is 11.2. The zero-order valence-corrected chi connectivity index (χ0v) is 31.7. The number of benzene rings is 1. The van der Waals surface area contributed by atoms with E-state index >= 15 is 0 Å². The summed E-state index contributed by atoms with van der Waals surface area (Å²) in [5.41, 5.74) is 2.83. The fourth-order valence-electron chi connectivity index (χ4n) is 8.21. The number of unbranched alkanes of at least 4 members (excludes halogenated alkanes) is 1. The topological polar surface area (TPSA) is 175 Å². The molecule has 3 fully saturated rings. The maximum atomic E-state index is 13.3. The van der Waals surface area contributed by atoms with Crippen LogP contribution in [0.1, 0.15) is 88.6 Å². The predicted octanol–water partition coefficient (Wildman–Crippen LogP) is 3.77. The summed E-state index contributed by atoms with van der Waals surface area (Å²) in [7, 11) is 3.54. The van der Waals surface area contributed by atoms with Crippen LogP contribution in [0, 0.1) is 0 Å². The van der Waals surface area contributed by atoms with Crippen molar-refractivity contribution in [3.63, 3.8) is 0 Å². The van der Waals surface area contributed by atoms with E-state index in [-0.39, 0.29) is 35.9 Å². The molecule has 8 rings (SSSR count). The molecular formula is C40H46N10O6. The fourth-order valence-corrected chi connectivity index (χ4v) is 8.21. The van der Waals surface area contributed by atoms with E-state index in [1.54, 1.807) is 43.4 Å². The molecule has 5 amide bonds. The Balaban J connectivity index is 0.804. The van der Waals surface area contributed by atoms with E-state index in [1.807, 2.05) is 18.3 Å². The van der Waals surface area contributed by atoms with Crippen LogP contribution in [-0.4, -0.2) is 123 Å². The zero-order chi connectivity index (χ0) is 38.9. The van der Waals surface area contributed by atoms with Crippen molar-refractivity contribution in [3.05, 3.63) is 65.6 Å². The molecule has 1 unspecified atom stereocenters. The van der Waals surface area contributed by atoms with Crippen molar-refractivity contribution in [3.8, 4) is 5.75 Å². The minimum Gasteiger partial charge on any atom is -0.493 e. The van der Waals surface area contributed by atoms with Gasteiger partial charge in [0.05, 0.1) is 29.6 Å². The van der Waals surface area contributed by atoms with Gasteiger partial charge in [0.25, 0.3) is 17.7 Å². The standard InChI is InChI=1S/C40H46N10O6/c1-46(2)38(54)30-22-25-23-42-40(45-35(25)49(30)26-8-3-4-9-26)43-32-14-12-27(24-41-32)48-19-17-47(18-20-48)16-5-6-21-56-31-11-7-10-28-34(31)39(55)50(37(28)53)29-13-15-33(51)44-36(29)52/h7,10-12,14,22-24,26,29H,3-6,8-9,13,15-21H2,1-2H3,(H,44,51,52)(H,41,42,43,45). The first kappa shape index (κ1) is 37.0. The van der Waals surface area contributed by atoms with Crippen molar-refractivity contribution in [2.24, 2.45) is 0 Å². The average Bonchev–Trinajstić information content (AvgIpc) is 3.92. The summed E-state index contributed by atoms with van der Waals surface area (Å²) in [6.07, 6.45) is 9.81. The van der Waals surface area contributed by atoms with Crippen molar-refractivity contribution < 1.29 is 28.7 Å². The number of piperidine rings is 1. The molecule has 2 N–H and O–H groups in total. The van der Waals surface area contributed by atoms with Gasteiger partial charge in [0.1, 0.15) is 29.0 Å². The summed E-state index contributed by atoms with van der Waals surface area (Å²) in [5, 5.41) is 6.32. The number of carbonyl (C=O) groups excluding carboxylic acids is 5. The van der Waals surface area contributed by atoms with Gasteiger partial charge in [-0.2, -0.15) is 4.98 Å². The Hall–Kier alpha value is -5.90. The highest BCUT2D eigenvalue weighted by Crippen LogP contribution is 2.36. The van der Waals surface area contributed by atoms with E-state index in [0.29, 0.717) is 29.8 Å². The minimum atomic E-state index is -1.01. The highest BCUT2D eigenvalue weighted by Gasteiger charge is 2.46. The van der Waals surface area contributed by atoms with Gasteiger partial charge in [-0.15, -0.1) is 0 Å². The van der Waals surface area contributed by atoms with Crippen molar-refractivity contribution in [2.45, 2.75) is 63.5 Å². The Morgan fingerprint density at radius 1 is 0.946 bits per heavy atom. The largest absolute Gasteiger partial charge is 0.493 e. The van der Waals surface area contributed by atoms with Crippen LogP contribution < -0.4 is 20.3 Å². The number of nitrogens with one attached hydrogen (secondary N) is 2. The second-order valence-electron chi connectivity index (χ2n) is 15.0. The molecule has 1 aliphatic carbocycles. The number of fused-ring (bicyclic) bond motifs is 2. The molecule has 16 nitrogen and oxygen atoms in total. The van der Waals surface area contributed by atoms with Crippen molar-refractivity contribution >= 4 is 58.0 Å². The second kappa shape index (κ2) is 15.7. The molecule has 4 aliphatic rings. The number of anilines is 3. The molecule has 1 atom stereocenters. The third kappa shape index (κ3) is 7.28. The van der Waals surface area contributed by atoms with Crippen LogP contribution in [0.25, 0.3) is 11.0 Å². The zero-order valence-electron chi connectivity index (χ0n) is 31.7. The number of carbonyl (C=O) groups is 5. The molecule has 2 saturated heterocycles. The molecule has 0 radical (unpaired) electrons. The van der Waals surface area contributed by atoms with Crippen LogP contribution >= 0.6 is 0 Å². The van der Waals surface area contributed by atoms with Gasteiger partial charge < -0.3 is 24.4 Å². The molecule has 1 aromatic carbocycles. The second-order valence-corrected chi connectivity index (χ2v) is 15.0. The number of hydrogen-bond acceptors (Lipinski definition) is 12. The average molecular weight is 763 g/mol. The Kier molecular flexibility index (Phi) is 10.4. The molecule has 6 heterocycles. The molecule has 3 aromatic heterocycles. The number of nitrogens with zero attached hydrogens (tertiary/aromatic N) is 8. The number of imide groups is 2. The molecule has 4 aromatic rings. The van der Waals surface area contributed by atoms with E-state index in [4.69, 9.17) is 9.72 Å². The molecule has 16 heteroatoms. The lowest BCUT2D eigenvalue weighted by Gasteiger charge is -2.36. The van der Waals surface area contributed by atoms with Crippen LogP contribution in [0.15, 0.2) is 48.8 Å². The predicted molar refractivity (Wildman–Crippen MR) is 207 cm³/mol. The highest BCUT2D eigenvalue weighted by atomic mass is 16.5. The van der Waals surface area contributed by atoms with Gasteiger partial charge in [-0.3, -0.25) is 39.1 Å². The molecule has 56 heavy (non-hydrogen) atoms. The Morgan fingerprint density at radius 3 is 2.48 bits per heavy atom. The number of aromatic nitrogens is 4. The monoisotopic (exact) mass is 762 g/mol. The lowest BCUT2D eigenvalue weighted by Crippen LogP contribution is -2.54. The summed E-state index contributed by atoms with van der Waals surface area (Å²) in [5.74, 6) is -0.798. The highest BCUT2D eigenvalue weighted by molar-refractivity contribution is 6.24. The normalized spacial score (nSPS) is 19.1. The number of ether oxygens (including phenoxy) is 1. The molecule has 0 spiro atoms. The number of rotatable bonds is 12. The van der Waals surface area contributed by atoms with E-state index in [2.05, 4.69) is 41.0 Å². The number of pyridine rings is 1. The summed E-state index contributed by atoms with van der Waals surface area (Å²) in [6, 6.07) is 10.0. The quantitative estimate of drug-likeness (QED) is 0.158. The van der Waals surface area contributed by atoms with E-state index < -0.39 is 29.7 Å². The Labute approximate surface area is 324 Å². The van der Waals surface area contributed by atoms with E-state index in [9.17, 15) is 24.0 Å². The van der Waals surface area contributed by atoms with Gasteiger partial charge in [-0.25, -0.2) is 9.97 Å². The smallest absolute Gasteiger partial charge is 0.270 e. The Bertz CT molecular complexity index is 2170. The minimum absolute atomic E-state index is 0.0392. The summed E-state index contributed by atoms with van der Waals surface area (Å²) in [4.78, 5) is 84.8. The number of piperazine rings is 1. The van der Waals surface area contributed by atoms with Gasteiger partial charge in [-0.1, -0.05) is 18.9 Å². The molecular weight excluding hydrogens is 717 g/mol. The van der Waals surface area contributed by atoms with E-state index in [0.717, 1.165) is 92.9 Å². The maximum Gasteiger partial charge on any atom is 0.270 e. The van der Waals surface area contributed by atoms with Crippen molar-refractivity contribution in [1.29, 1.82) is 0 Å². The van der Waals surface area contributed by atoms with Gasteiger partial charge in [0, 0.05) is 64.3 Å². The SMILES string of the molecule is CN(C)C(=O)c1cc2cnc(Nc3ccc(N4CCN(CCCCOc5cccc6c5C(=O)N(C5CCC(=O)NC5=O)C6=O)CC4)cn3)nc2n1C1CCCC1. The van der Waals surface area contributed by atoms with Crippen LogP contribution in [0.3, 0.4) is 0 Å². The summed E-state index contributed by atoms with van der Waals surface area (Å²) >= 11 is 0. The third-order valence-electron chi connectivity index (χ3n) is 11.2. The maximum absolute atomic E-state index is 13.3. The molecule has 292 valence electrons. The number of hydrogen-bond donors (Lipinski definition) is 2. The Morgan fingerprint density at radius 2 is 1.75 bits per heavy atom. The fraction of sp³-hybridized carbons (Fsp3) is 0.450. The van der Waals surface area contributed by atoms with Crippen LogP contribution in [0.4, 0.5) is 17.5 Å². The molecule has 1 saturated carbocycles. The lowest BCUT2D eigenvalue weighted by atomic mass is 10.0. The van der Waals surface area contributed by atoms with Gasteiger partial charge in [0.15, 0.2) is 0 Å². The van der Waals surface area contributed by atoms with Crippen LogP contribution in [0.5, 0.6) is 5.75 Å². The van der Waals surface area contributed by atoms with E-state index in [1.165, 1.54) is 0 Å². The van der Waals surface area contributed by atoms with Crippen molar-refractivity contribution in [2.75, 3.05) is 63.6 Å². The first-order valence-corrected chi connectivity index (χ1v) is 19.4. The van der Waals surface area contributed by atoms with Crippen LogP contribution in [-0.2, 0) is 9.59 Å². The van der Waals surface area contributed by atoms with Gasteiger partial charge >= 0.3 is 0 Å². The first-order valence-electron chi connectivity index (χ1n) is 19.4. The van der Waals surface area contributed by atoms with Crippen molar-refractivity contribution in [1.82, 2.24) is 39.5 Å². The molecule has 0 bridgehead atoms. The lowest BCUT2D eigenvalue weighted by molar-refractivity contribution is -0.136. The van der Waals surface area contributed by atoms with Gasteiger partial charge in [-0.05, 0) is 69.0 Å². The van der Waals surface area contributed by atoms with Crippen LogP contribution in [0.2, 0.25) is 0 Å². The first-order chi connectivity index (χ1) is 27.2.